The summed E-state index contributed by atoms with van der Waals surface area (Å²) in [4.78, 5) is 28.4. The Morgan fingerprint density at radius 1 is 1.03 bits per heavy atom. The minimum atomic E-state index is -0.547. The molecule has 182 valence electrons. The van der Waals surface area contributed by atoms with Crippen LogP contribution in [0, 0.1) is 25.2 Å². The standard InChI is InChI=1S/C29H27N3O3S/c1-4-35-23-15-13-22(14-16-23)32-28(34)26(17-21-11-7-5-9-19(21)2)36-29(32)24(18-30)27(33)31-25-12-8-6-10-20(25)3/h5-16,26H,4,17H2,1-3H3,(H,31,33)/b29-24-. The van der Waals surface area contributed by atoms with Gasteiger partial charge >= 0.3 is 0 Å². The second kappa shape index (κ2) is 11.1. The van der Waals surface area contributed by atoms with Crippen LogP contribution in [-0.2, 0) is 16.0 Å². The number of hydrogen-bond acceptors (Lipinski definition) is 5. The van der Waals surface area contributed by atoms with Gasteiger partial charge in [0.1, 0.15) is 22.4 Å². The first-order valence-corrected chi connectivity index (χ1v) is 12.6. The van der Waals surface area contributed by atoms with E-state index in [0.29, 0.717) is 35.2 Å². The van der Waals surface area contributed by atoms with Crippen molar-refractivity contribution in [2.45, 2.75) is 32.4 Å². The second-order valence-electron chi connectivity index (χ2n) is 8.40. The van der Waals surface area contributed by atoms with Gasteiger partial charge in [0.25, 0.3) is 5.91 Å². The van der Waals surface area contributed by atoms with E-state index < -0.39 is 11.2 Å². The predicted molar refractivity (Wildman–Crippen MR) is 144 cm³/mol. The minimum Gasteiger partial charge on any atom is -0.494 e. The molecule has 0 aliphatic carbocycles. The number of hydrogen-bond donors (Lipinski definition) is 1. The lowest BCUT2D eigenvalue weighted by Gasteiger charge is -2.19. The molecule has 2 amide bonds. The number of benzene rings is 3. The Bertz CT molecular complexity index is 1360. The van der Waals surface area contributed by atoms with Crippen molar-refractivity contribution in [2.75, 3.05) is 16.8 Å². The summed E-state index contributed by atoms with van der Waals surface area (Å²) in [5.74, 6) is -0.0335. The van der Waals surface area contributed by atoms with E-state index in [-0.39, 0.29) is 11.5 Å². The summed E-state index contributed by atoms with van der Waals surface area (Å²) in [6.45, 7) is 6.32. The maximum Gasteiger partial charge on any atom is 0.269 e. The number of ether oxygens (including phenoxy) is 1. The smallest absolute Gasteiger partial charge is 0.269 e. The van der Waals surface area contributed by atoms with Gasteiger partial charge in [-0.05, 0) is 74.2 Å². The normalized spacial score (nSPS) is 16.4. The quantitative estimate of drug-likeness (QED) is 0.331. The number of rotatable bonds is 7. The summed E-state index contributed by atoms with van der Waals surface area (Å²) in [5.41, 5.74) is 4.12. The average molecular weight is 498 g/mol. The van der Waals surface area contributed by atoms with E-state index in [1.165, 1.54) is 16.7 Å². The lowest BCUT2D eigenvalue weighted by atomic mass is 10.0. The van der Waals surface area contributed by atoms with Crippen LogP contribution in [0.1, 0.15) is 23.6 Å². The highest BCUT2D eigenvalue weighted by Gasteiger charge is 2.41. The van der Waals surface area contributed by atoms with Crippen molar-refractivity contribution >= 4 is 35.0 Å². The molecular weight excluding hydrogens is 470 g/mol. The molecule has 1 heterocycles. The van der Waals surface area contributed by atoms with Crippen molar-refractivity contribution in [3.63, 3.8) is 0 Å². The van der Waals surface area contributed by atoms with Crippen molar-refractivity contribution < 1.29 is 14.3 Å². The summed E-state index contributed by atoms with van der Waals surface area (Å²) in [7, 11) is 0. The van der Waals surface area contributed by atoms with Crippen molar-refractivity contribution in [3.05, 3.63) is 100 Å². The maximum absolute atomic E-state index is 13.7. The van der Waals surface area contributed by atoms with Crippen molar-refractivity contribution in [1.82, 2.24) is 0 Å². The van der Waals surface area contributed by atoms with Crippen LogP contribution in [0.3, 0.4) is 0 Å². The molecule has 1 saturated heterocycles. The zero-order valence-electron chi connectivity index (χ0n) is 20.4. The summed E-state index contributed by atoms with van der Waals surface area (Å²) in [5, 5.41) is 12.7. The molecule has 0 bridgehead atoms. The van der Waals surface area contributed by atoms with Crippen LogP contribution in [0.4, 0.5) is 11.4 Å². The fourth-order valence-electron chi connectivity index (χ4n) is 4.02. The molecule has 7 heteroatoms. The van der Waals surface area contributed by atoms with Crippen LogP contribution in [0.2, 0.25) is 0 Å². The second-order valence-corrected chi connectivity index (χ2v) is 9.59. The molecule has 0 aromatic heterocycles. The van der Waals surface area contributed by atoms with Gasteiger partial charge < -0.3 is 10.1 Å². The van der Waals surface area contributed by atoms with Gasteiger partial charge in [0, 0.05) is 11.4 Å². The first kappa shape index (κ1) is 25.1. The highest BCUT2D eigenvalue weighted by molar-refractivity contribution is 8.05. The number of carbonyl (C=O) groups is 2. The Kier molecular flexibility index (Phi) is 7.77. The first-order chi connectivity index (χ1) is 17.4. The number of aryl methyl sites for hydroxylation is 2. The monoisotopic (exact) mass is 497 g/mol. The maximum atomic E-state index is 13.7. The molecule has 0 spiro atoms. The average Bonchev–Trinajstić information content (AvgIpc) is 3.18. The topological polar surface area (TPSA) is 82.4 Å². The van der Waals surface area contributed by atoms with E-state index in [1.54, 1.807) is 30.3 Å². The molecule has 0 radical (unpaired) electrons. The van der Waals surface area contributed by atoms with Crippen LogP contribution in [0.5, 0.6) is 5.75 Å². The van der Waals surface area contributed by atoms with Gasteiger partial charge in [-0.2, -0.15) is 5.26 Å². The molecule has 1 N–H and O–H groups in total. The van der Waals surface area contributed by atoms with Crippen molar-refractivity contribution in [3.8, 4) is 11.8 Å². The first-order valence-electron chi connectivity index (χ1n) is 11.7. The zero-order valence-corrected chi connectivity index (χ0v) is 21.3. The van der Waals surface area contributed by atoms with Gasteiger partial charge in [-0.3, -0.25) is 14.5 Å². The molecule has 1 atom stereocenters. The molecule has 6 nitrogen and oxygen atoms in total. The van der Waals surface area contributed by atoms with E-state index in [9.17, 15) is 14.9 Å². The molecule has 36 heavy (non-hydrogen) atoms. The highest BCUT2D eigenvalue weighted by Crippen LogP contribution is 2.42. The van der Waals surface area contributed by atoms with Gasteiger partial charge in [0.05, 0.1) is 11.9 Å². The Labute approximate surface area is 215 Å². The van der Waals surface area contributed by atoms with E-state index in [0.717, 1.165) is 16.7 Å². The van der Waals surface area contributed by atoms with Crippen molar-refractivity contribution in [2.24, 2.45) is 0 Å². The van der Waals surface area contributed by atoms with E-state index in [4.69, 9.17) is 4.74 Å². The van der Waals surface area contributed by atoms with E-state index in [2.05, 4.69) is 11.4 Å². The Morgan fingerprint density at radius 3 is 2.33 bits per heavy atom. The third-order valence-electron chi connectivity index (χ3n) is 5.97. The van der Waals surface area contributed by atoms with Gasteiger partial charge in [-0.1, -0.05) is 54.2 Å². The van der Waals surface area contributed by atoms with Crippen LogP contribution in [-0.4, -0.2) is 23.7 Å². The van der Waals surface area contributed by atoms with E-state index in [1.807, 2.05) is 63.2 Å². The largest absolute Gasteiger partial charge is 0.494 e. The Balaban J connectivity index is 1.74. The lowest BCUT2D eigenvalue weighted by molar-refractivity contribution is -0.117. The number of nitrogens with one attached hydrogen (secondary N) is 1. The third-order valence-corrected chi connectivity index (χ3v) is 7.23. The molecule has 1 aliphatic rings. The molecular formula is C29H27N3O3S. The van der Waals surface area contributed by atoms with Crippen LogP contribution >= 0.6 is 11.8 Å². The number of amides is 2. The molecule has 3 aromatic rings. The molecule has 0 saturated carbocycles. The van der Waals surface area contributed by atoms with Gasteiger partial charge in [-0.25, -0.2) is 0 Å². The van der Waals surface area contributed by atoms with Crippen LogP contribution in [0.25, 0.3) is 0 Å². The Hall–Kier alpha value is -4.02. The number of anilines is 2. The zero-order chi connectivity index (χ0) is 25.7. The molecule has 4 rings (SSSR count). The fraction of sp³-hybridized carbons (Fsp3) is 0.207. The summed E-state index contributed by atoms with van der Waals surface area (Å²) in [6.07, 6.45) is 0.491. The van der Waals surface area contributed by atoms with Gasteiger partial charge in [-0.15, -0.1) is 0 Å². The van der Waals surface area contributed by atoms with E-state index >= 15 is 0 Å². The number of para-hydroxylation sites is 1. The highest BCUT2D eigenvalue weighted by atomic mass is 32.2. The fourth-order valence-corrected chi connectivity index (χ4v) is 5.31. The lowest BCUT2D eigenvalue weighted by Crippen LogP contribution is -2.31. The summed E-state index contributed by atoms with van der Waals surface area (Å²) >= 11 is 1.26. The molecule has 3 aromatic carbocycles. The molecule has 1 fully saturated rings. The van der Waals surface area contributed by atoms with Crippen molar-refractivity contribution in [1.29, 1.82) is 5.26 Å². The Morgan fingerprint density at radius 2 is 1.69 bits per heavy atom. The summed E-state index contributed by atoms with van der Waals surface area (Å²) < 4.78 is 5.54. The molecule has 1 unspecified atom stereocenters. The number of nitriles is 1. The minimum absolute atomic E-state index is 0.0993. The number of thioether (sulfide) groups is 1. The van der Waals surface area contributed by atoms with Gasteiger partial charge in [0.15, 0.2) is 0 Å². The summed E-state index contributed by atoms with van der Waals surface area (Å²) in [6, 6.07) is 24.4. The van der Waals surface area contributed by atoms with Crippen LogP contribution in [0.15, 0.2) is 83.4 Å². The number of nitrogens with zero attached hydrogens (tertiary/aromatic N) is 2. The SMILES string of the molecule is CCOc1ccc(N2C(=O)C(Cc3ccccc3C)S/C2=C(/C#N)C(=O)Nc2ccccc2C)cc1. The van der Waals surface area contributed by atoms with Crippen LogP contribution < -0.4 is 15.0 Å². The third kappa shape index (κ3) is 5.29. The van der Waals surface area contributed by atoms with Gasteiger partial charge in [0.2, 0.25) is 5.91 Å². The molecule has 1 aliphatic heterocycles. The number of carbonyl (C=O) groups excluding carboxylic acids is 2. The predicted octanol–water partition coefficient (Wildman–Crippen LogP) is 5.77.